The van der Waals surface area contributed by atoms with Crippen molar-refractivity contribution in [1.82, 2.24) is 9.38 Å². The zero-order chi connectivity index (χ0) is 11.7. The van der Waals surface area contributed by atoms with E-state index in [0.29, 0.717) is 5.92 Å². The summed E-state index contributed by atoms with van der Waals surface area (Å²) in [5.41, 5.74) is 3.50. The fourth-order valence-corrected chi connectivity index (χ4v) is 2.50. The molecule has 1 atom stereocenters. The summed E-state index contributed by atoms with van der Waals surface area (Å²) in [6.45, 7) is 3.93. The minimum absolute atomic E-state index is 0.648. The third-order valence-corrected chi connectivity index (χ3v) is 3.42. The second-order valence-electron chi connectivity index (χ2n) is 4.99. The first-order chi connectivity index (χ1) is 8.31. The number of fused-ring (bicyclic) bond motifs is 1. The van der Waals surface area contributed by atoms with E-state index < -0.39 is 0 Å². The maximum atomic E-state index is 5.51. The number of rotatable bonds is 2. The monoisotopic (exact) mass is 230 g/mol. The molecule has 1 saturated heterocycles. The number of aryl methyl sites for hydroxylation is 1. The Kier molecular flexibility index (Phi) is 2.85. The molecule has 0 amide bonds. The molecular weight excluding hydrogens is 212 g/mol. The number of nitrogens with zero attached hydrogens (tertiary/aromatic N) is 2. The first kappa shape index (κ1) is 10.8. The zero-order valence-electron chi connectivity index (χ0n) is 10.2. The Morgan fingerprint density at radius 1 is 1.53 bits per heavy atom. The number of imidazole rings is 1. The van der Waals surface area contributed by atoms with Crippen LogP contribution in [0.4, 0.5) is 0 Å². The lowest BCUT2D eigenvalue weighted by Crippen LogP contribution is -2.19. The maximum absolute atomic E-state index is 5.51. The molecule has 1 aliphatic rings. The van der Waals surface area contributed by atoms with Crippen LogP contribution in [0.1, 0.15) is 24.1 Å². The largest absolute Gasteiger partial charge is 0.381 e. The van der Waals surface area contributed by atoms with Crippen LogP contribution in [0, 0.1) is 12.8 Å². The topological polar surface area (TPSA) is 26.5 Å². The van der Waals surface area contributed by atoms with Crippen molar-refractivity contribution in [2.75, 3.05) is 13.2 Å². The standard InChI is InChI=1S/C14H18N2O/c1-11-4-5-16-9-13(15-14(16)7-11)8-12-3-2-6-17-10-12/h4-5,7,9,12H,2-3,6,8,10H2,1H3. The van der Waals surface area contributed by atoms with Crippen LogP contribution in [-0.2, 0) is 11.2 Å². The fourth-order valence-electron chi connectivity index (χ4n) is 2.50. The van der Waals surface area contributed by atoms with Gasteiger partial charge in [0.15, 0.2) is 0 Å². The second kappa shape index (κ2) is 4.49. The summed E-state index contributed by atoms with van der Waals surface area (Å²) in [6.07, 6.45) is 7.73. The van der Waals surface area contributed by atoms with Crippen LogP contribution in [-0.4, -0.2) is 22.6 Å². The second-order valence-corrected chi connectivity index (χ2v) is 4.99. The first-order valence-corrected chi connectivity index (χ1v) is 6.33. The van der Waals surface area contributed by atoms with Crippen LogP contribution in [0.5, 0.6) is 0 Å². The summed E-state index contributed by atoms with van der Waals surface area (Å²) >= 11 is 0. The molecule has 2 aromatic rings. The van der Waals surface area contributed by atoms with Crippen LogP contribution < -0.4 is 0 Å². The fraction of sp³-hybridized carbons (Fsp3) is 0.500. The molecule has 0 bridgehead atoms. The van der Waals surface area contributed by atoms with Gasteiger partial charge in [-0.3, -0.25) is 0 Å². The van der Waals surface area contributed by atoms with E-state index in [0.717, 1.165) is 25.3 Å². The Hall–Kier alpha value is -1.35. The van der Waals surface area contributed by atoms with Gasteiger partial charge in [-0.1, -0.05) is 0 Å². The number of hydrogen-bond acceptors (Lipinski definition) is 2. The molecule has 0 aliphatic carbocycles. The first-order valence-electron chi connectivity index (χ1n) is 6.33. The minimum Gasteiger partial charge on any atom is -0.381 e. The van der Waals surface area contributed by atoms with Gasteiger partial charge in [0.2, 0.25) is 0 Å². The lowest BCUT2D eigenvalue weighted by molar-refractivity contribution is 0.0547. The smallest absolute Gasteiger partial charge is 0.137 e. The van der Waals surface area contributed by atoms with E-state index in [1.165, 1.54) is 24.1 Å². The lowest BCUT2D eigenvalue weighted by Gasteiger charge is -2.20. The Labute approximate surface area is 101 Å². The molecular formula is C14H18N2O. The molecule has 3 rings (SSSR count). The third-order valence-electron chi connectivity index (χ3n) is 3.42. The summed E-state index contributed by atoms with van der Waals surface area (Å²) in [7, 11) is 0. The Morgan fingerprint density at radius 3 is 3.29 bits per heavy atom. The van der Waals surface area contributed by atoms with Gasteiger partial charge < -0.3 is 9.14 Å². The van der Waals surface area contributed by atoms with E-state index in [4.69, 9.17) is 4.74 Å². The predicted octanol–water partition coefficient (Wildman–Crippen LogP) is 2.61. The third kappa shape index (κ3) is 2.34. The molecule has 3 nitrogen and oxygen atoms in total. The minimum atomic E-state index is 0.648. The predicted molar refractivity (Wildman–Crippen MR) is 67.2 cm³/mol. The van der Waals surface area contributed by atoms with E-state index in [2.05, 4.69) is 40.8 Å². The highest BCUT2D eigenvalue weighted by molar-refractivity contribution is 5.42. The van der Waals surface area contributed by atoms with E-state index in [1.807, 2.05) is 0 Å². The van der Waals surface area contributed by atoms with Gasteiger partial charge in [0.05, 0.1) is 5.69 Å². The summed E-state index contributed by atoms with van der Waals surface area (Å²) in [5, 5.41) is 0. The van der Waals surface area contributed by atoms with Crippen LogP contribution in [0.15, 0.2) is 24.5 Å². The normalized spacial score (nSPS) is 20.9. The molecule has 90 valence electrons. The molecule has 2 aromatic heterocycles. The Balaban J connectivity index is 1.80. The van der Waals surface area contributed by atoms with Crippen LogP contribution >= 0.6 is 0 Å². The SMILES string of the molecule is Cc1ccn2cc(CC3CCCOC3)nc2c1. The molecule has 3 heteroatoms. The average Bonchev–Trinajstić information content (AvgIpc) is 2.71. The molecule has 0 saturated carbocycles. The van der Waals surface area contributed by atoms with Crippen molar-refractivity contribution in [2.45, 2.75) is 26.2 Å². The van der Waals surface area contributed by atoms with Gasteiger partial charge in [0.1, 0.15) is 5.65 Å². The number of hydrogen-bond donors (Lipinski definition) is 0. The van der Waals surface area contributed by atoms with Crippen molar-refractivity contribution in [2.24, 2.45) is 5.92 Å². The summed E-state index contributed by atoms with van der Waals surface area (Å²) in [6, 6.07) is 4.24. The molecule has 0 N–H and O–H groups in total. The van der Waals surface area contributed by atoms with Gasteiger partial charge in [0.25, 0.3) is 0 Å². The van der Waals surface area contributed by atoms with Gasteiger partial charge in [-0.2, -0.15) is 0 Å². The van der Waals surface area contributed by atoms with Crippen LogP contribution in [0.2, 0.25) is 0 Å². The Bertz CT molecular complexity index is 512. The molecule has 0 spiro atoms. The molecule has 17 heavy (non-hydrogen) atoms. The summed E-state index contributed by atoms with van der Waals surface area (Å²) in [5.74, 6) is 0.648. The van der Waals surface area contributed by atoms with E-state index in [1.54, 1.807) is 0 Å². The molecule has 3 heterocycles. The molecule has 1 unspecified atom stereocenters. The highest BCUT2D eigenvalue weighted by Gasteiger charge is 2.15. The van der Waals surface area contributed by atoms with E-state index in [-0.39, 0.29) is 0 Å². The maximum Gasteiger partial charge on any atom is 0.137 e. The van der Waals surface area contributed by atoms with Crippen molar-refractivity contribution in [3.63, 3.8) is 0 Å². The number of ether oxygens (including phenoxy) is 1. The van der Waals surface area contributed by atoms with Crippen molar-refractivity contribution < 1.29 is 4.74 Å². The van der Waals surface area contributed by atoms with Crippen LogP contribution in [0.3, 0.4) is 0 Å². The van der Waals surface area contributed by atoms with Crippen molar-refractivity contribution in [3.8, 4) is 0 Å². The van der Waals surface area contributed by atoms with Crippen molar-refractivity contribution in [3.05, 3.63) is 35.8 Å². The number of aromatic nitrogens is 2. The summed E-state index contributed by atoms with van der Waals surface area (Å²) in [4.78, 5) is 4.68. The van der Waals surface area contributed by atoms with Gasteiger partial charge in [-0.15, -0.1) is 0 Å². The van der Waals surface area contributed by atoms with Crippen LogP contribution in [0.25, 0.3) is 5.65 Å². The molecule has 0 radical (unpaired) electrons. The number of pyridine rings is 1. The van der Waals surface area contributed by atoms with Gasteiger partial charge in [-0.05, 0) is 49.8 Å². The quantitative estimate of drug-likeness (QED) is 0.792. The highest BCUT2D eigenvalue weighted by atomic mass is 16.5. The molecule has 1 aliphatic heterocycles. The highest BCUT2D eigenvalue weighted by Crippen LogP contribution is 2.19. The van der Waals surface area contributed by atoms with E-state index >= 15 is 0 Å². The van der Waals surface area contributed by atoms with Gasteiger partial charge >= 0.3 is 0 Å². The van der Waals surface area contributed by atoms with Crippen molar-refractivity contribution in [1.29, 1.82) is 0 Å². The molecule has 0 aromatic carbocycles. The zero-order valence-corrected chi connectivity index (χ0v) is 10.2. The lowest BCUT2D eigenvalue weighted by atomic mass is 9.97. The average molecular weight is 230 g/mol. The van der Waals surface area contributed by atoms with Gasteiger partial charge in [0, 0.05) is 25.6 Å². The molecule has 1 fully saturated rings. The van der Waals surface area contributed by atoms with Gasteiger partial charge in [-0.25, -0.2) is 4.98 Å². The Morgan fingerprint density at radius 2 is 2.47 bits per heavy atom. The van der Waals surface area contributed by atoms with Crippen molar-refractivity contribution >= 4 is 5.65 Å². The van der Waals surface area contributed by atoms with E-state index in [9.17, 15) is 0 Å². The summed E-state index contributed by atoms with van der Waals surface area (Å²) < 4.78 is 7.62.